The van der Waals surface area contributed by atoms with E-state index in [1.165, 1.54) is 18.2 Å². The number of hydrogen-bond donors (Lipinski definition) is 1. The van der Waals surface area contributed by atoms with Crippen LogP contribution in [0.3, 0.4) is 0 Å². The summed E-state index contributed by atoms with van der Waals surface area (Å²) >= 11 is 5.92. The highest BCUT2D eigenvalue weighted by atomic mass is 35.5. The number of nitrogens with one attached hydrogen (secondary N) is 1. The molecule has 7 heteroatoms. The van der Waals surface area contributed by atoms with Crippen LogP contribution >= 0.6 is 11.6 Å². The molecule has 1 N–H and O–H groups in total. The first-order valence-corrected chi connectivity index (χ1v) is 7.86. The van der Waals surface area contributed by atoms with Gasteiger partial charge in [0, 0.05) is 5.69 Å². The molecular formula is C14H12ClN3O2S. The molecule has 5 nitrogen and oxygen atoms in total. The molecule has 0 bridgehead atoms. The average molecular weight is 322 g/mol. The predicted octanol–water partition coefficient (Wildman–Crippen LogP) is 3.02. The first-order valence-electron chi connectivity index (χ1n) is 5.99. The highest BCUT2D eigenvalue weighted by Crippen LogP contribution is 2.24. The Kier molecular flexibility index (Phi) is 4.16. The van der Waals surface area contributed by atoms with Crippen LogP contribution in [-0.4, -0.2) is 13.4 Å². The van der Waals surface area contributed by atoms with E-state index in [-0.39, 0.29) is 21.3 Å². The van der Waals surface area contributed by atoms with Crippen LogP contribution < -0.4 is 4.72 Å². The standard InChI is InChI=1S/C14H12ClN3O2S/c1-9-5-10(2)17-14(6-9)18-21(19,20)13-7-11(8-16)3-4-12(13)15/h3-7H,1-2H3,(H,17,18). The number of halogens is 1. The van der Waals surface area contributed by atoms with E-state index in [0.29, 0.717) is 5.69 Å². The second kappa shape index (κ2) is 5.72. The summed E-state index contributed by atoms with van der Waals surface area (Å²) in [6.07, 6.45) is 0. The lowest BCUT2D eigenvalue weighted by Gasteiger charge is -2.10. The molecule has 1 heterocycles. The fourth-order valence-corrected chi connectivity index (χ4v) is 3.38. The first kappa shape index (κ1) is 15.3. The molecule has 0 aliphatic carbocycles. The third-order valence-electron chi connectivity index (χ3n) is 2.69. The van der Waals surface area contributed by atoms with Gasteiger partial charge in [-0.25, -0.2) is 13.4 Å². The smallest absolute Gasteiger partial charge is 0.263 e. The molecule has 0 fully saturated rings. The Labute approximate surface area is 128 Å². The summed E-state index contributed by atoms with van der Waals surface area (Å²) in [5, 5.41) is 8.91. The van der Waals surface area contributed by atoms with Crippen LogP contribution in [0.4, 0.5) is 5.82 Å². The van der Waals surface area contributed by atoms with Crippen LogP contribution in [0.15, 0.2) is 35.2 Å². The maximum atomic E-state index is 12.4. The summed E-state index contributed by atoms with van der Waals surface area (Å²) in [6.45, 7) is 3.61. The number of anilines is 1. The number of sulfonamides is 1. The minimum Gasteiger partial charge on any atom is -0.263 e. The van der Waals surface area contributed by atoms with Gasteiger partial charge in [0.15, 0.2) is 0 Å². The van der Waals surface area contributed by atoms with Crippen molar-refractivity contribution in [1.82, 2.24) is 4.98 Å². The Morgan fingerprint density at radius 2 is 1.95 bits per heavy atom. The van der Waals surface area contributed by atoms with Crippen molar-refractivity contribution in [3.8, 4) is 6.07 Å². The molecule has 2 rings (SSSR count). The second-order valence-electron chi connectivity index (χ2n) is 4.53. The van der Waals surface area contributed by atoms with Crippen molar-refractivity contribution >= 4 is 27.4 Å². The van der Waals surface area contributed by atoms with Crippen LogP contribution in [0.25, 0.3) is 0 Å². The van der Waals surface area contributed by atoms with Crippen molar-refractivity contribution in [1.29, 1.82) is 5.26 Å². The summed E-state index contributed by atoms with van der Waals surface area (Å²) in [7, 11) is -3.91. The molecule has 0 aliphatic heterocycles. The third kappa shape index (κ3) is 3.51. The molecule has 0 amide bonds. The zero-order valence-electron chi connectivity index (χ0n) is 11.4. The zero-order valence-corrected chi connectivity index (χ0v) is 13.0. The quantitative estimate of drug-likeness (QED) is 0.941. The van der Waals surface area contributed by atoms with Crippen molar-refractivity contribution in [2.24, 2.45) is 0 Å². The third-order valence-corrected chi connectivity index (χ3v) is 4.52. The van der Waals surface area contributed by atoms with Crippen LogP contribution in [-0.2, 0) is 10.0 Å². The van der Waals surface area contributed by atoms with Crippen molar-refractivity contribution < 1.29 is 8.42 Å². The minimum atomic E-state index is -3.91. The summed E-state index contributed by atoms with van der Waals surface area (Å²) in [5.41, 5.74) is 1.80. The molecule has 0 saturated heterocycles. The number of nitrogens with zero attached hydrogens (tertiary/aromatic N) is 2. The average Bonchev–Trinajstić information content (AvgIpc) is 2.37. The lowest BCUT2D eigenvalue weighted by atomic mass is 10.2. The Morgan fingerprint density at radius 1 is 1.24 bits per heavy atom. The zero-order chi connectivity index (χ0) is 15.6. The van der Waals surface area contributed by atoms with Crippen molar-refractivity contribution in [3.05, 3.63) is 52.2 Å². The van der Waals surface area contributed by atoms with E-state index >= 15 is 0 Å². The van der Waals surface area contributed by atoms with E-state index in [1.807, 2.05) is 19.1 Å². The molecular weight excluding hydrogens is 310 g/mol. The molecule has 0 spiro atoms. The van der Waals surface area contributed by atoms with Gasteiger partial charge in [0.1, 0.15) is 10.7 Å². The van der Waals surface area contributed by atoms with Crippen LogP contribution in [0.1, 0.15) is 16.8 Å². The molecule has 0 radical (unpaired) electrons. The molecule has 0 atom stereocenters. The molecule has 108 valence electrons. The van der Waals surface area contributed by atoms with Crippen molar-refractivity contribution in [3.63, 3.8) is 0 Å². The molecule has 0 aliphatic rings. The highest BCUT2D eigenvalue weighted by Gasteiger charge is 2.19. The van der Waals surface area contributed by atoms with Gasteiger partial charge in [-0.15, -0.1) is 0 Å². The van der Waals surface area contributed by atoms with E-state index in [1.54, 1.807) is 13.0 Å². The van der Waals surface area contributed by atoms with Gasteiger partial charge >= 0.3 is 0 Å². The fraction of sp³-hybridized carbons (Fsp3) is 0.143. The normalized spacial score (nSPS) is 11.0. The second-order valence-corrected chi connectivity index (χ2v) is 6.59. The minimum absolute atomic E-state index is 0.0471. The SMILES string of the molecule is Cc1cc(C)nc(NS(=O)(=O)c2cc(C#N)ccc2Cl)c1. The van der Waals surface area contributed by atoms with Gasteiger partial charge in [-0.2, -0.15) is 5.26 Å². The van der Waals surface area contributed by atoms with Gasteiger partial charge in [-0.3, -0.25) is 4.72 Å². The summed E-state index contributed by atoms with van der Waals surface area (Å²) < 4.78 is 27.1. The monoisotopic (exact) mass is 321 g/mol. The van der Waals surface area contributed by atoms with E-state index in [0.717, 1.165) is 5.56 Å². The number of pyridine rings is 1. The highest BCUT2D eigenvalue weighted by molar-refractivity contribution is 7.92. The van der Waals surface area contributed by atoms with Gasteiger partial charge in [-0.05, 0) is 49.7 Å². The van der Waals surface area contributed by atoms with Crippen LogP contribution in [0, 0.1) is 25.2 Å². The number of aryl methyl sites for hydroxylation is 2. The molecule has 21 heavy (non-hydrogen) atoms. The Hall–Kier alpha value is -2.10. The topological polar surface area (TPSA) is 82.8 Å². The van der Waals surface area contributed by atoms with Gasteiger partial charge in [0.2, 0.25) is 0 Å². The summed E-state index contributed by atoms with van der Waals surface area (Å²) in [5.74, 6) is 0.214. The first-order chi connectivity index (χ1) is 9.81. The molecule has 1 aromatic carbocycles. The molecule has 2 aromatic rings. The van der Waals surface area contributed by atoms with E-state index < -0.39 is 10.0 Å². The van der Waals surface area contributed by atoms with Gasteiger partial charge in [0.25, 0.3) is 10.0 Å². The predicted molar refractivity (Wildman–Crippen MR) is 80.7 cm³/mol. The molecule has 0 unspecified atom stereocenters. The number of aromatic nitrogens is 1. The van der Waals surface area contributed by atoms with Crippen LogP contribution in [0.2, 0.25) is 5.02 Å². The number of benzene rings is 1. The van der Waals surface area contributed by atoms with Gasteiger partial charge in [0.05, 0.1) is 16.7 Å². The van der Waals surface area contributed by atoms with Crippen molar-refractivity contribution in [2.45, 2.75) is 18.7 Å². The summed E-state index contributed by atoms with van der Waals surface area (Å²) in [4.78, 5) is 3.97. The van der Waals surface area contributed by atoms with Crippen molar-refractivity contribution in [2.75, 3.05) is 4.72 Å². The van der Waals surface area contributed by atoms with E-state index in [9.17, 15) is 8.42 Å². The fourth-order valence-electron chi connectivity index (χ4n) is 1.87. The maximum absolute atomic E-state index is 12.4. The lowest BCUT2D eigenvalue weighted by molar-refractivity contribution is 0.601. The van der Waals surface area contributed by atoms with Crippen LogP contribution in [0.5, 0.6) is 0 Å². The number of hydrogen-bond acceptors (Lipinski definition) is 4. The Morgan fingerprint density at radius 3 is 2.57 bits per heavy atom. The van der Waals surface area contributed by atoms with Gasteiger partial charge in [-0.1, -0.05) is 11.6 Å². The largest absolute Gasteiger partial charge is 0.264 e. The molecule has 0 saturated carbocycles. The lowest BCUT2D eigenvalue weighted by Crippen LogP contribution is -2.15. The number of rotatable bonds is 3. The van der Waals surface area contributed by atoms with E-state index in [4.69, 9.17) is 16.9 Å². The van der Waals surface area contributed by atoms with E-state index in [2.05, 4.69) is 9.71 Å². The summed E-state index contributed by atoms with van der Waals surface area (Å²) in [6, 6.07) is 9.40. The Bertz CT molecular complexity index is 822. The number of nitriles is 1. The van der Waals surface area contributed by atoms with Gasteiger partial charge < -0.3 is 0 Å². The maximum Gasteiger partial charge on any atom is 0.264 e. The molecule has 1 aromatic heterocycles. The Balaban J connectivity index is 2.45.